The Balaban J connectivity index is 1.03. The molecular weight excluding hydrogens is 575 g/mol. The molecule has 2 aromatic carbocycles. The van der Waals surface area contributed by atoms with Crippen LogP contribution in [0.2, 0.25) is 0 Å². The highest BCUT2D eigenvalue weighted by atomic mass is 19.4. The van der Waals surface area contributed by atoms with Gasteiger partial charge in [-0.15, -0.1) is 0 Å². The maximum atomic E-state index is 13.0. The maximum absolute atomic E-state index is 13.0. The van der Waals surface area contributed by atoms with Crippen molar-refractivity contribution in [2.75, 3.05) is 50.7 Å². The molecule has 3 atom stereocenters. The quantitative estimate of drug-likeness (QED) is 0.495. The maximum Gasteiger partial charge on any atom is 0.416 e. The monoisotopic (exact) mass is 615 g/mol. The van der Waals surface area contributed by atoms with Crippen LogP contribution in [0.3, 0.4) is 0 Å². The molecule has 9 nitrogen and oxygen atoms in total. The van der Waals surface area contributed by atoms with Crippen molar-refractivity contribution in [2.45, 2.75) is 63.6 Å². The second-order valence-electron chi connectivity index (χ2n) is 12.0. The van der Waals surface area contributed by atoms with Gasteiger partial charge >= 0.3 is 6.18 Å². The lowest BCUT2D eigenvalue weighted by molar-refractivity contribution is -0.137. The Kier molecular flexibility index (Phi) is 9.79. The molecule has 3 aliphatic heterocycles. The van der Waals surface area contributed by atoms with Crippen molar-refractivity contribution in [2.24, 2.45) is 0 Å². The van der Waals surface area contributed by atoms with Crippen molar-refractivity contribution in [1.82, 2.24) is 20.4 Å². The summed E-state index contributed by atoms with van der Waals surface area (Å²) in [5.41, 5.74) is 0.727. The highest BCUT2D eigenvalue weighted by molar-refractivity contribution is 5.96. The number of hydrogen-bond donors (Lipinski definition) is 2. The number of hydrogen-bond acceptors (Lipinski definition) is 6. The zero-order valence-corrected chi connectivity index (χ0v) is 25.1. The van der Waals surface area contributed by atoms with Crippen LogP contribution in [0.5, 0.6) is 0 Å². The third-order valence-electron chi connectivity index (χ3n) is 8.61. The number of alkyl halides is 3. The molecule has 5 rings (SSSR count). The summed E-state index contributed by atoms with van der Waals surface area (Å²) in [5, 5.41) is 5.36. The van der Waals surface area contributed by atoms with Gasteiger partial charge in [-0.2, -0.15) is 13.2 Å². The topological polar surface area (TPSA) is 94.2 Å². The van der Waals surface area contributed by atoms with Crippen molar-refractivity contribution in [3.8, 4) is 0 Å². The number of anilines is 1. The number of likely N-dealkylation sites (tertiary alicyclic amines) is 1. The number of rotatable bonds is 7. The van der Waals surface area contributed by atoms with Gasteiger partial charge in [-0.3, -0.25) is 19.3 Å². The number of piperidine rings is 1. The first kappa shape index (κ1) is 31.8. The normalized spacial score (nSPS) is 23.4. The molecule has 3 fully saturated rings. The molecule has 0 aromatic heterocycles. The van der Waals surface area contributed by atoms with Gasteiger partial charge < -0.3 is 25.2 Å². The fourth-order valence-corrected chi connectivity index (χ4v) is 6.45. The number of carbonyl (C=O) groups is 3. The average molecular weight is 616 g/mol. The number of benzene rings is 2. The summed E-state index contributed by atoms with van der Waals surface area (Å²) in [4.78, 5) is 44.4. The highest BCUT2D eigenvalue weighted by Crippen LogP contribution is 2.30. The zero-order chi connectivity index (χ0) is 31.4. The van der Waals surface area contributed by atoms with E-state index in [0.29, 0.717) is 31.2 Å². The van der Waals surface area contributed by atoms with Crippen LogP contribution in [0.1, 0.15) is 59.4 Å². The Hall–Kier alpha value is -3.64. The predicted octanol–water partition coefficient (Wildman–Crippen LogP) is 3.54. The SMILES string of the molecule is C[C@@H]1CN(C(=O)c2ccc(N3CCC(N4CC[C@@H](NC(=O)CNC(=O)c5cccc(C(F)(F)F)c5)C4)CC3)cc2)C[C@H](C)O1. The Morgan fingerprint density at radius 3 is 2.23 bits per heavy atom. The second kappa shape index (κ2) is 13.6. The van der Waals surface area contributed by atoms with Crippen molar-refractivity contribution in [3.63, 3.8) is 0 Å². The van der Waals surface area contributed by atoms with Gasteiger partial charge in [-0.25, -0.2) is 0 Å². The molecule has 0 unspecified atom stereocenters. The fourth-order valence-electron chi connectivity index (χ4n) is 6.45. The Labute approximate surface area is 255 Å². The van der Waals surface area contributed by atoms with E-state index in [2.05, 4.69) is 20.4 Å². The molecule has 2 aromatic rings. The summed E-state index contributed by atoms with van der Waals surface area (Å²) in [5.74, 6) is -1.06. The van der Waals surface area contributed by atoms with Gasteiger partial charge in [-0.1, -0.05) is 6.07 Å². The molecule has 0 saturated carbocycles. The Bertz CT molecular complexity index is 1320. The van der Waals surface area contributed by atoms with Gasteiger partial charge in [0.05, 0.1) is 24.3 Å². The first-order chi connectivity index (χ1) is 21.0. The number of halogens is 3. The lowest BCUT2D eigenvalue weighted by Gasteiger charge is -2.38. The van der Waals surface area contributed by atoms with Crippen molar-refractivity contribution < 1.29 is 32.3 Å². The Morgan fingerprint density at radius 2 is 1.57 bits per heavy atom. The number of amides is 3. The summed E-state index contributed by atoms with van der Waals surface area (Å²) in [6.45, 7) is 8.22. The fraction of sp³-hybridized carbons (Fsp3) is 0.531. The summed E-state index contributed by atoms with van der Waals surface area (Å²) in [7, 11) is 0. The summed E-state index contributed by atoms with van der Waals surface area (Å²) in [6, 6.07) is 12.3. The molecule has 12 heteroatoms. The van der Waals surface area contributed by atoms with E-state index in [4.69, 9.17) is 4.74 Å². The van der Waals surface area contributed by atoms with Gasteiger partial charge in [0.1, 0.15) is 0 Å². The van der Waals surface area contributed by atoms with Gasteiger partial charge in [0.15, 0.2) is 0 Å². The minimum absolute atomic E-state index is 0.0271. The van der Waals surface area contributed by atoms with E-state index in [0.717, 1.165) is 56.7 Å². The van der Waals surface area contributed by atoms with Crippen molar-refractivity contribution >= 4 is 23.4 Å². The summed E-state index contributed by atoms with van der Waals surface area (Å²) >= 11 is 0. The number of carbonyl (C=O) groups excluding carboxylic acids is 3. The molecule has 3 saturated heterocycles. The molecule has 0 aliphatic carbocycles. The van der Waals surface area contributed by atoms with Crippen LogP contribution >= 0.6 is 0 Å². The van der Waals surface area contributed by atoms with Crippen LogP contribution in [-0.4, -0.2) is 97.6 Å². The van der Waals surface area contributed by atoms with Gasteiger partial charge in [0.2, 0.25) is 5.91 Å². The molecule has 0 spiro atoms. The molecule has 0 bridgehead atoms. The molecule has 3 amide bonds. The molecule has 238 valence electrons. The minimum atomic E-state index is -4.55. The minimum Gasteiger partial charge on any atom is -0.372 e. The van der Waals surface area contributed by atoms with E-state index in [1.54, 1.807) is 0 Å². The van der Waals surface area contributed by atoms with Gasteiger partial charge in [0.25, 0.3) is 11.8 Å². The number of nitrogens with zero attached hydrogens (tertiary/aromatic N) is 3. The van der Waals surface area contributed by atoms with Crippen LogP contribution in [0.4, 0.5) is 18.9 Å². The zero-order valence-electron chi connectivity index (χ0n) is 25.1. The van der Waals surface area contributed by atoms with Gasteiger partial charge in [-0.05, 0) is 75.6 Å². The standard InChI is InChI=1S/C32H40F3N5O4/c1-21-18-40(19-22(2)44-21)31(43)23-6-8-27(9-7-23)38-14-11-28(12-15-38)39-13-10-26(20-39)37-29(41)17-36-30(42)24-4-3-5-25(16-24)32(33,34)35/h3-9,16,21-22,26,28H,10-15,17-20H2,1-2H3,(H,36,42)(H,37,41)/t21-,22+,26-/m1/s1. The van der Waals surface area contributed by atoms with E-state index < -0.39 is 17.6 Å². The summed E-state index contributed by atoms with van der Waals surface area (Å²) in [6.07, 6.45) is -1.73. The van der Waals surface area contributed by atoms with Crippen molar-refractivity contribution in [1.29, 1.82) is 0 Å². The second-order valence-corrected chi connectivity index (χ2v) is 12.0. The molecule has 3 aliphatic rings. The highest BCUT2D eigenvalue weighted by Gasteiger charge is 2.33. The van der Waals surface area contributed by atoms with Crippen LogP contribution in [0.15, 0.2) is 48.5 Å². The van der Waals surface area contributed by atoms with Crippen LogP contribution in [0.25, 0.3) is 0 Å². The molecule has 0 radical (unpaired) electrons. The largest absolute Gasteiger partial charge is 0.416 e. The first-order valence-corrected chi connectivity index (χ1v) is 15.2. The predicted molar refractivity (Wildman–Crippen MR) is 159 cm³/mol. The van der Waals surface area contributed by atoms with Gasteiger partial charge in [0, 0.05) is 68.2 Å². The lowest BCUT2D eigenvalue weighted by Crippen LogP contribution is -2.48. The molecule has 3 heterocycles. The molecular formula is C32H40F3N5O4. The Morgan fingerprint density at radius 1 is 0.886 bits per heavy atom. The average Bonchev–Trinajstić information content (AvgIpc) is 3.47. The summed E-state index contributed by atoms with van der Waals surface area (Å²) < 4.78 is 44.5. The number of nitrogens with one attached hydrogen (secondary N) is 2. The third-order valence-corrected chi connectivity index (χ3v) is 8.61. The van der Waals surface area contributed by atoms with Crippen LogP contribution in [0, 0.1) is 0 Å². The van der Waals surface area contributed by atoms with E-state index in [9.17, 15) is 27.6 Å². The molecule has 2 N–H and O–H groups in total. The number of ether oxygens (including phenoxy) is 1. The lowest BCUT2D eigenvalue weighted by atomic mass is 10.0. The van der Waals surface area contributed by atoms with Crippen LogP contribution in [-0.2, 0) is 15.7 Å². The van der Waals surface area contributed by atoms with Crippen LogP contribution < -0.4 is 15.5 Å². The third kappa shape index (κ3) is 7.89. The smallest absolute Gasteiger partial charge is 0.372 e. The van der Waals surface area contributed by atoms with Crippen molar-refractivity contribution in [3.05, 3.63) is 65.2 Å². The van der Waals surface area contributed by atoms with E-state index in [-0.39, 0.29) is 42.2 Å². The van der Waals surface area contributed by atoms with E-state index in [1.807, 2.05) is 43.0 Å². The first-order valence-electron chi connectivity index (χ1n) is 15.2. The van der Waals surface area contributed by atoms with E-state index >= 15 is 0 Å². The number of morpholine rings is 1. The molecule has 44 heavy (non-hydrogen) atoms. The van der Waals surface area contributed by atoms with E-state index in [1.165, 1.54) is 12.1 Å².